The molecule has 0 fully saturated rings. The fourth-order valence-corrected chi connectivity index (χ4v) is 1.83. The van der Waals surface area contributed by atoms with Gasteiger partial charge in [-0.2, -0.15) is 0 Å². The first-order chi connectivity index (χ1) is 7.74. The minimum Gasteiger partial charge on any atom is -0.385 e. The van der Waals surface area contributed by atoms with Gasteiger partial charge in [0.05, 0.1) is 6.33 Å². The summed E-state index contributed by atoms with van der Waals surface area (Å²) in [6, 6.07) is 0. The maximum Gasteiger partial charge on any atom is 0.277 e. The highest BCUT2D eigenvalue weighted by molar-refractivity contribution is 7.71. The van der Waals surface area contributed by atoms with Crippen molar-refractivity contribution in [1.29, 1.82) is 0 Å². The molecule has 7 heteroatoms. The van der Waals surface area contributed by atoms with E-state index in [1.54, 1.807) is 11.7 Å². The number of imidazole rings is 1. The average molecular weight is 240 g/mol. The lowest BCUT2D eigenvalue weighted by atomic mass is 10.4. The second-order valence-corrected chi connectivity index (χ2v) is 3.75. The smallest absolute Gasteiger partial charge is 0.277 e. The molecule has 16 heavy (non-hydrogen) atoms. The number of aromatic amines is 2. The molecule has 86 valence electrons. The van der Waals surface area contributed by atoms with E-state index in [9.17, 15) is 4.79 Å². The van der Waals surface area contributed by atoms with Crippen LogP contribution in [0.5, 0.6) is 0 Å². The number of H-pyrrole nitrogens is 2. The Kier molecular flexibility index (Phi) is 3.16. The number of aromatic nitrogens is 4. The minimum atomic E-state index is -0.236. The summed E-state index contributed by atoms with van der Waals surface area (Å²) in [7, 11) is 1.65. The molecule has 0 atom stereocenters. The second kappa shape index (κ2) is 4.58. The molecule has 0 aliphatic heterocycles. The Morgan fingerprint density at radius 2 is 2.44 bits per heavy atom. The van der Waals surface area contributed by atoms with Crippen LogP contribution in [0.2, 0.25) is 0 Å². The van der Waals surface area contributed by atoms with E-state index in [1.807, 2.05) is 0 Å². The Morgan fingerprint density at radius 1 is 1.62 bits per heavy atom. The molecule has 6 nitrogen and oxygen atoms in total. The van der Waals surface area contributed by atoms with E-state index in [0.29, 0.717) is 29.1 Å². The third-order valence-corrected chi connectivity index (χ3v) is 2.62. The number of rotatable bonds is 4. The van der Waals surface area contributed by atoms with Crippen LogP contribution in [0, 0.1) is 4.77 Å². The summed E-state index contributed by atoms with van der Waals surface area (Å²) in [6.45, 7) is 1.32. The molecule has 0 unspecified atom stereocenters. The Balaban J connectivity index is 2.47. The summed E-state index contributed by atoms with van der Waals surface area (Å²) in [5, 5.41) is 0. The largest absolute Gasteiger partial charge is 0.385 e. The molecule has 0 radical (unpaired) electrons. The number of aryl methyl sites for hydroxylation is 1. The van der Waals surface area contributed by atoms with Gasteiger partial charge in [0.15, 0.2) is 10.4 Å². The van der Waals surface area contributed by atoms with Crippen molar-refractivity contribution in [1.82, 2.24) is 19.5 Å². The molecule has 2 aromatic heterocycles. The molecule has 0 aromatic carbocycles. The zero-order valence-electron chi connectivity index (χ0n) is 8.82. The molecule has 2 aromatic rings. The van der Waals surface area contributed by atoms with E-state index in [-0.39, 0.29) is 5.56 Å². The molecule has 0 aliphatic rings. The van der Waals surface area contributed by atoms with Crippen LogP contribution in [0.3, 0.4) is 0 Å². The lowest BCUT2D eigenvalue weighted by Crippen LogP contribution is -2.15. The first kappa shape index (κ1) is 11.0. The fourth-order valence-electron chi connectivity index (χ4n) is 1.56. The van der Waals surface area contributed by atoms with Gasteiger partial charge in [-0.05, 0) is 18.6 Å². The molecule has 0 amide bonds. The zero-order chi connectivity index (χ0) is 11.5. The van der Waals surface area contributed by atoms with Gasteiger partial charge >= 0.3 is 0 Å². The first-order valence-electron chi connectivity index (χ1n) is 4.89. The van der Waals surface area contributed by atoms with Crippen molar-refractivity contribution in [2.75, 3.05) is 13.7 Å². The summed E-state index contributed by atoms with van der Waals surface area (Å²) in [6.07, 6.45) is 2.31. The van der Waals surface area contributed by atoms with Crippen molar-refractivity contribution >= 4 is 23.4 Å². The van der Waals surface area contributed by atoms with E-state index in [1.165, 1.54) is 6.33 Å². The summed E-state index contributed by atoms with van der Waals surface area (Å²) in [5.74, 6) is 0. The van der Waals surface area contributed by atoms with Gasteiger partial charge in [-0.25, -0.2) is 4.98 Å². The van der Waals surface area contributed by atoms with E-state index < -0.39 is 0 Å². The van der Waals surface area contributed by atoms with E-state index in [0.717, 1.165) is 6.42 Å². The van der Waals surface area contributed by atoms with Gasteiger partial charge in [0.25, 0.3) is 5.56 Å². The SMILES string of the molecule is COCCCn1c(=S)[nH]c(=O)c2[nH]cnc21. The van der Waals surface area contributed by atoms with Crippen LogP contribution in [0.1, 0.15) is 6.42 Å². The van der Waals surface area contributed by atoms with Gasteiger partial charge < -0.3 is 14.3 Å². The van der Waals surface area contributed by atoms with Crippen LogP contribution >= 0.6 is 12.2 Å². The van der Waals surface area contributed by atoms with Crippen molar-refractivity contribution in [2.24, 2.45) is 0 Å². The highest BCUT2D eigenvalue weighted by Gasteiger charge is 2.06. The van der Waals surface area contributed by atoms with Crippen molar-refractivity contribution in [3.8, 4) is 0 Å². The molecule has 2 rings (SSSR count). The number of hydrogen-bond donors (Lipinski definition) is 2. The second-order valence-electron chi connectivity index (χ2n) is 3.36. The lowest BCUT2D eigenvalue weighted by molar-refractivity contribution is 0.190. The van der Waals surface area contributed by atoms with Gasteiger partial charge in [0.1, 0.15) is 5.52 Å². The molecule has 2 N–H and O–H groups in total. The van der Waals surface area contributed by atoms with Crippen LogP contribution in [0.15, 0.2) is 11.1 Å². The molecule has 0 saturated heterocycles. The van der Waals surface area contributed by atoms with Gasteiger partial charge in [-0.15, -0.1) is 0 Å². The van der Waals surface area contributed by atoms with Gasteiger partial charge in [-0.1, -0.05) is 0 Å². The van der Waals surface area contributed by atoms with E-state index in [4.69, 9.17) is 17.0 Å². The van der Waals surface area contributed by atoms with Crippen molar-refractivity contribution < 1.29 is 4.74 Å². The Labute approximate surface area is 96.3 Å². The highest BCUT2D eigenvalue weighted by atomic mass is 32.1. The van der Waals surface area contributed by atoms with Crippen molar-refractivity contribution in [3.63, 3.8) is 0 Å². The normalized spacial score (nSPS) is 11.1. The molecular formula is C9H12N4O2S. The van der Waals surface area contributed by atoms with Gasteiger partial charge in [0.2, 0.25) is 0 Å². The topological polar surface area (TPSA) is 75.7 Å². The van der Waals surface area contributed by atoms with Crippen LogP contribution in [0.25, 0.3) is 11.2 Å². The lowest BCUT2D eigenvalue weighted by Gasteiger charge is -2.06. The number of nitrogens with zero attached hydrogens (tertiary/aromatic N) is 2. The van der Waals surface area contributed by atoms with Crippen LogP contribution in [-0.2, 0) is 11.3 Å². The van der Waals surface area contributed by atoms with E-state index in [2.05, 4.69) is 15.0 Å². The van der Waals surface area contributed by atoms with Gasteiger partial charge in [-0.3, -0.25) is 9.78 Å². The molecule has 0 saturated carbocycles. The molecular weight excluding hydrogens is 228 g/mol. The number of fused-ring (bicyclic) bond motifs is 1. The molecule has 2 heterocycles. The molecule has 0 bridgehead atoms. The molecule has 0 aliphatic carbocycles. The number of hydrogen-bond acceptors (Lipinski definition) is 4. The quantitative estimate of drug-likeness (QED) is 0.613. The Bertz CT molecular complexity index is 597. The summed E-state index contributed by atoms with van der Waals surface area (Å²) in [5.41, 5.74) is 0.802. The Morgan fingerprint density at radius 3 is 3.19 bits per heavy atom. The third-order valence-electron chi connectivity index (χ3n) is 2.30. The minimum absolute atomic E-state index is 0.236. The van der Waals surface area contributed by atoms with Crippen LogP contribution in [-0.4, -0.2) is 33.2 Å². The summed E-state index contributed by atoms with van der Waals surface area (Å²) in [4.78, 5) is 21.0. The fraction of sp³-hybridized carbons (Fsp3) is 0.444. The standard InChI is InChI=1S/C9H12N4O2S/c1-15-4-2-3-13-7-6(10-5-11-7)8(14)12-9(13)16/h5H,2-4H2,1H3,(H,10,11)(H,12,14,16). The van der Waals surface area contributed by atoms with Crippen molar-refractivity contribution in [2.45, 2.75) is 13.0 Å². The predicted molar refractivity (Wildman–Crippen MR) is 62.0 cm³/mol. The zero-order valence-corrected chi connectivity index (χ0v) is 9.63. The Hall–Kier alpha value is -1.47. The van der Waals surface area contributed by atoms with Gasteiger partial charge in [0, 0.05) is 20.3 Å². The third kappa shape index (κ3) is 1.91. The maximum atomic E-state index is 11.5. The predicted octanol–water partition coefficient (Wildman–Crippen LogP) is 0.819. The first-order valence-corrected chi connectivity index (χ1v) is 5.30. The highest BCUT2D eigenvalue weighted by Crippen LogP contribution is 2.05. The van der Waals surface area contributed by atoms with Crippen LogP contribution < -0.4 is 5.56 Å². The number of methoxy groups -OCH3 is 1. The summed E-state index contributed by atoms with van der Waals surface area (Å²) < 4.78 is 7.16. The molecule has 0 spiro atoms. The van der Waals surface area contributed by atoms with Crippen molar-refractivity contribution in [3.05, 3.63) is 21.5 Å². The number of nitrogens with one attached hydrogen (secondary N) is 2. The average Bonchev–Trinajstić information content (AvgIpc) is 2.72. The maximum absolute atomic E-state index is 11.5. The van der Waals surface area contributed by atoms with E-state index >= 15 is 0 Å². The van der Waals surface area contributed by atoms with Crippen LogP contribution in [0.4, 0.5) is 0 Å². The summed E-state index contributed by atoms with van der Waals surface area (Å²) >= 11 is 5.10. The monoisotopic (exact) mass is 240 g/mol. The number of ether oxygens (including phenoxy) is 1.